The number of benzene rings is 4. The van der Waals surface area contributed by atoms with E-state index in [1.807, 2.05) is 54.6 Å². The van der Waals surface area contributed by atoms with Crippen LogP contribution in [0.5, 0.6) is 0 Å². The molecule has 0 aromatic heterocycles. The summed E-state index contributed by atoms with van der Waals surface area (Å²) in [5, 5.41) is 0.766. The van der Waals surface area contributed by atoms with Crippen LogP contribution >= 0.6 is 11.6 Å². The Morgan fingerprint density at radius 2 is 1.40 bits per heavy atom. The van der Waals surface area contributed by atoms with Crippen molar-refractivity contribution >= 4 is 17.4 Å². The van der Waals surface area contributed by atoms with Crippen LogP contribution in [0.25, 0.3) is 22.3 Å². The molecule has 0 spiro atoms. The summed E-state index contributed by atoms with van der Waals surface area (Å²) in [5.74, 6) is 0.0414. The Balaban J connectivity index is 1.59. The minimum Gasteiger partial charge on any atom is -0.289 e. The topological polar surface area (TPSA) is 17.1 Å². The normalized spacial score (nSPS) is 13.6. The first kappa shape index (κ1) is 18.8. The SMILES string of the molecule is CC1(C)c2ccc(-c3cccc(C(=O)c4ccccc4)c3)cc2-c2ccc(Cl)cc21. The zero-order valence-electron chi connectivity index (χ0n) is 16.9. The van der Waals surface area contributed by atoms with Gasteiger partial charge in [0.2, 0.25) is 0 Å². The van der Waals surface area contributed by atoms with Crippen LogP contribution in [-0.4, -0.2) is 5.78 Å². The lowest BCUT2D eigenvalue weighted by Gasteiger charge is -2.21. The maximum atomic E-state index is 12.9. The third kappa shape index (κ3) is 2.98. The summed E-state index contributed by atoms with van der Waals surface area (Å²) in [6.07, 6.45) is 0. The summed E-state index contributed by atoms with van der Waals surface area (Å²) in [6.45, 7) is 4.49. The van der Waals surface area contributed by atoms with Crippen molar-refractivity contribution < 1.29 is 4.79 Å². The molecule has 5 rings (SSSR count). The van der Waals surface area contributed by atoms with E-state index in [1.165, 1.54) is 22.3 Å². The number of fused-ring (bicyclic) bond motifs is 3. The predicted molar refractivity (Wildman–Crippen MR) is 124 cm³/mol. The largest absolute Gasteiger partial charge is 0.289 e. The third-order valence-electron chi connectivity index (χ3n) is 6.13. The van der Waals surface area contributed by atoms with E-state index in [0.717, 1.165) is 16.1 Å². The van der Waals surface area contributed by atoms with Gasteiger partial charge in [-0.25, -0.2) is 0 Å². The lowest BCUT2D eigenvalue weighted by Crippen LogP contribution is -2.14. The van der Waals surface area contributed by atoms with E-state index in [4.69, 9.17) is 11.6 Å². The van der Waals surface area contributed by atoms with Gasteiger partial charge >= 0.3 is 0 Å². The Morgan fingerprint density at radius 1 is 0.667 bits per heavy atom. The summed E-state index contributed by atoms with van der Waals surface area (Å²) in [7, 11) is 0. The molecule has 1 aliphatic rings. The number of carbonyl (C=O) groups is 1. The van der Waals surface area contributed by atoms with E-state index in [2.05, 4.69) is 50.2 Å². The van der Waals surface area contributed by atoms with Crippen LogP contribution in [0.3, 0.4) is 0 Å². The van der Waals surface area contributed by atoms with E-state index in [1.54, 1.807) is 0 Å². The smallest absolute Gasteiger partial charge is 0.193 e. The van der Waals surface area contributed by atoms with Crippen molar-refractivity contribution in [1.29, 1.82) is 0 Å². The minimum absolute atomic E-state index is 0.0414. The van der Waals surface area contributed by atoms with Crippen LogP contribution in [0.4, 0.5) is 0 Å². The van der Waals surface area contributed by atoms with Gasteiger partial charge in [-0.15, -0.1) is 0 Å². The van der Waals surface area contributed by atoms with Crippen molar-refractivity contribution in [3.8, 4) is 22.3 Å². The molecule has 0 radical (unpaired) electrons. The molecule has 0 bridgehead atoms. The molecule has 0 atom stereocenters. The second-order valence-electron chi connectivity index (χ2n) is 8.35. The molecule has 0 saturated heterocycles. The standard InChI is InChI=1S/C28H21ClO/c1-28(2)25-14-11-20(16-24(25)23-13-12-22(29)17-26(23)28)19-9-6-10-21(15-19)27(30)18-7-4-3-5-8-18/h3-17H,1-2H3. The Bertz CT molecular complexity index is 1290. The summed E-state index contributed by atoms with van der Waals surface area (Å²) in [5.41, 5.74) is 8.51. The van der Waals surface area contributed by atoms with Crippen molar-refractivity contribution in [2.45, 2.75) is 19.3 Å². The first-order chi connectivity index (χ1) is 14.4. The van der Waals surface area contributed by atoms with E-state index in [0.29, 0.717) is 11.1 Å². The monoisotopic (exact) mass is 408 g/mol. The molecule has 0 saturated carbocycles. The van der Waals surface area contributed by atoms with Gasteiger partial charge in [0.15, 0.2) is 5.78 Å². The Hall–Kier alpha value is -3.16. The number of hydrogen-bond donors (Lipinski definition) is 0. The zero-order chi connectivity index (χ0) is 20.9. The van der Waals surface area contributed by atoms with Gasteiger partial charge in [-0.3, -0.25) is 4.79 Å². The molecule has 2 heteroatoms. The maximum absolute atomic E-state index is 12.9. The minimum atomic E-state index is -0.0841. The average Bonchev–Trinajstić information content (AvgIpc) is 3.00. The number of ketones is 1. The van der Waals surface area contributed by atoms with Crippen LogP contribution in [0, 0.1) is 0 Å². The fourth-order valence-electron chi connectivity index (χ4n) is 4.50. The van der Waals surface area contributed by atoms with Gasteiger partial charge in [0.25, 0.3) is 0 Å². The van der Waals surface area contributed by atoms with Crippen LogP contribution in [0.1, 0.15) is 40.9 Å². The highest BCUT2D eigenvalue weighted by atomic mass is 35.5. The first-order valence-corrected chi connectivity index (χ1v) is 10.5. The van der Waals surface area contributed by atoms with Gasteiger partial charge in [-0.2, -0.15) is 0 Å². The first-order valence-electron chi connectivity index (χ1n) is 10.1. The summed E-state index contributed by atoms with van der Waals surface area (Å²) >= 11 is 6.29. The molecule has 1 nitrogen and oxygen atoms in total. The summed E-state index contributed by atoms with van der Waals surface area (Å²) < 4.78 is 0. The molecule has 0 aliphatic heterocycles. The van der Waals surface area contributed by atoms with E-state index >= 15 is 0 Å². The van der Waals surface area contributed by atoms with E-state index in [9.17, 15) is 4.79 Å². The third-order valence-corrected chi connectivity index (χ3v) is 6.37. The second kappa shape index (κ2) is 6.97. The molecule has 0 heterocycles. The fourth-order valence-corrected chi connectivity index (χ4v) is 4.67. The second-order valence-corrected chi connectivity index (χ2v) is 8.79. The molecule has 30 heavy (non-hydrogen) atoms. The number of rotatable bonds is 3. The van der Waals surface area contributed by atoms with Crippen LogP contribution in [-0.2, 0) is 5.41 Å². The van der Waals surface area contributed by atoms with Crippen LogP contribution in [0.2, 0.25) is 5.02 Å². The summed E-state index contributed by atoms with van der Waals surface area (Å²) in [6, 6.07) is 30.1. The van der Waals surface area contributed by atoms with Gasteiger partial charge in [0.1, 0.15) is 0 Å². The van der Waals surface area contributed by atoms with Crippen molar-refractivity contribution in [2.24, 2.45) is 0 Å². The molecule has 1 aliphatic carbocycles. The van der Waals surface area contributed by atoms with Gasteiger partial charge in [-0.05, 0) is 57.6 Å². The molecule has 146 valence electrons. The zero-order valence-corrected chi connectivity index (χ0v) is 17.7. The lowest BCUT2D eigenvalue weighted by atomic mass is 9.82. The van der Waals surface area contributed by atoms with Gasteiger partial charge in [0.05, 0.1) is 0 Å². The molecular weight excluding hydrogens is 388 g/mol. The molecule has 0 unspecified atom stereocenters. The summed E-state index contributed by atoms with van der Waals surface area (Å²) in [4.78, 5) is 12.9. The van der Waals surface area contributed by atoms with Gasteiger partial charge < -0.3 is 0 Å². The highest BCUT2D eigenvalue weighted by Gasteiger charge is 2.35. The fraction of sp³-hybridized carbons (Fsp3) is 0.107. The molecule has 4 aromatic rings. The van der Waals surface area contributed by atoms with E-state index < -0.39 is 0 Å². The molecule has 4 aromatic carbocycles. The van der Waals surface area contributed by atoms with Crippen molar-refractivity contribution in [3.63, 3.8) is 0 Å². The molecule has 0 fully saturated rings. The average molecular weight is 409 g/mol. The highest BCUT2D eigenvalue weighted by Crippen LogP contribution is 2.50. The van der Waals surface area contributed by atoms with Crippen molar-refractivity contribution in [1.82, 2.24) is 0 Å². The number of halogens is 1. The molecular formula is C28H21ClO. The Kier molecular flexibility index (Phi) is 4.38. The van der Waals surface area contributed by atoms with Crippen LogP contribution in [0.15, 0.2) is 91.0 Å². The van der Waals surface area contributed by atoms with Gasteiger partial charge in [-0.1, -0.05) is 92.2 Å². The Morgan fingerprint density at radius 3 is 2.20 bits per heavy atom. The quantitative estimate of drug-likeness (QED) is 0.320. The van der Waals surface area contributed by atoms with E-state index in [-0.39, 0.29) is 11.2 Å². The maximum Gasteiger partial charge on any atom is 0.193 e. The molecule has 0 N–H and O–H groups in total. The predicted octanol–water partition coefficient (Wildman–Crippen LogP) is 7.54. The van der Waals surface area contributed by atoms with Gasteiger partial charge in [0, 0.05) is 21.6 Å². The van der Waals surface area contributed by atoms with Crippen molar-refractivity contribution in [2.75, 3.05) is 0 Å². The number of carbonyl (C=O) groups excluding carboxylic acids is 1. The van der Waals surface area contributed by atoms with Crippen LogP contribution < -0.4 is 0 Å². The Labute approximate surface area is 182 Å². The van der Waals surface area contributed by atoms with Crippen molar-refractivity contribution in [3.05, 3.63) is 118 Å². The molecule has 0 amide bonds. The highest BCUT2D eigenvalue weighted by molar-refractivity contribution is 6.30. The lowest BCUT2D eigenvalue weighted by molar-refractivity contribution is 0.103. The number of hydrogen-bond acceptors (Lipinski definition) is 1.